The maximum absolute atomic E-state index is 10.9. The van der Waals surface area contributed by atoms with Gasteiger partial charge in [0.25, 0.3) is 0 Å². The molecule has 0 aliphatic heterocycles. The molecule has 2 heteroatoms. The van der Waals surface area contributed by atoms with E-state index in [4.69, 9.17) is 0 Å². The summed E-state index contributed by atoms with van der Waals surface area (Å²) in [6.07, 6.45) is 3.39. The largest absolute Gasteiger partial charge is 0.466 e. The molecule has 15 heavy (non-hydrogen) atoms. The van der Waals surface area contributed by atoms with Gasteiger partial charge in [-0.15, -0.1) is 0 Å². The van der Waals surface area contributed by atoms with Gasteiger partial charge in [-0.1, -0.05) is 35.9 Å². The molecule has 0 bridgehead atoms. The second kappa shape index (κ2) is 6.02. The number of hydrogen-bond acceptors (Lipinski definition) is 2. The third-order valence-electron chi connectivity index (χ3n) is 2.22. The molecule has 80 valence electrons. The monoisotopic (exact) mass is 204 g/mol. The first-order valence-corrected chi connectivity index (χ1v) is 5.01. The van der Waals surface area contributed by atoms with E-state index in [0.29, 0.717) is 0 Å². The lowest BCUT2D eigenvalue weighted by Crippen LogP contribution is -1.96. The summed E-state index contributed by atoms with van der Waals surface area (Å²) in [4.78, 5) is 10.9. The molecule has 0 amide bonds. The van der Waals surface area contributed by atoms with Crippen LogP contribution in [0.2, 0.25) is 0 Å². The van der Waals surface area contributed by atoms with Crippen molar-refractivity contribution in [2.75, 3.05) is 7.11 Å². The van der Waals surface area contributed by atoms with Crippen LogP contribution in [-0.4, -0.2) is 13.1 Å². The maximum atomic E-state index is 10.9. The number of carbonyl (C=O) groups excluding carboxylic acids is 1. The van der Waals surface area contributed by atoms with Crippen molar-refractivity contribution in [2.24, 2.45) is 0 Å². The molecule has 0 fully saturated rings. The molecule has 0 aliphatic rings. The van der Waals surface area contributed by atoms with Crippen LogP contribution < -0.4 is 0 Å². The lowest BCUT2D eigenvalue weighted by Gasteiger charge is -2.01. The first-order chi connectivity index (χ1) is 7.22. The Bertz CT molecular complexity index is 339. The summed E-state index contributed by atoms with van der Waals surface area (Å²) in [7, 11) is 1.39. The molecule has 0 radical (unpaired) electrons. The van der Waals surface area contributed by atoms with E-state index in [2.05, 4.69) is 16.9 Å². The number of ether oxygens (including phenoxy) is 1. The van der Waals surface area contributed by atoms with E-state index < -0.39 is 0 Å². The summed E-state index contributed by atoms with van der Waals surface area (Å²) in [6.45, 7) is 1.94. The van der Waals surface area contributed by atoms with Crippen molar-refractivity contribution in [2.45, 2.75) is 19.8 Å². The minimum absolute atomic E-state index is 0.277. The Kier molecular flexibility index (Phi) is 4.61. The highest BCUT2D eigenvalue weighted by atomic mass is 16.5. The van der Waals surface area contributed by atoms with E-state index in [1.165, 1.54) is 12.7 Å². The summed E-state index contributed by atoms with van der Waals surface area (Å²) >= 11 is 0. The number of aryl methyl sites for hydroxylation is 1. The van der Waals surface area contributed by atoms with Crippen molar-refractivity contribution in [3.8, 4) is 0 Å². The van der Waals surface area contributed by atoms with Gasteiger partial charge in [-0.2, -0.15) is 0 Å². The standard InChI is InChI=1S/C13H16O2/c1-11(10-13(14)15-2)8-9-12-6-4-3-5-7-12/h3-7,10H,8-9H2,1-2H3/b11-10+. The van der Waals surface area contributed by atoms with Crippen LogP contribution in [0.25, 0.3) is 0 Å². The molecule has 0 heterocycles. The third-order valence-corrected chi connectivity index (χ3v) is 2.22. The molecule has 1 aromatic carbocycles. The van der Waals surface area contributed by atoms with Gasteiger partial charge >= 0.3 is 5.97 Å². The van der Waals surface area contributed by atoms with Gasteiger partial charge in [-0.3, -0.25) is 0 Å². The third kappa shape index (κ3) is 4.45. The second-order valence-corrected chi connectivity index (χ2v) is 3.50. The highest BCUT2D eigenvalue weighted by Crippen LogP contribution is 2.08. The van der Waals surface area contributed by atoms with Crippen molar-refractivity contribution in [3.63, 3.8) is 0 Å². The Hall–Kier alpha value is -1.57. The summed E-state index contributed by atoms with van der Waals surface area (Å²) in [5.41, 5.74) is 2.33. The van der Waals surface area contributed by atoms with E-state index in [1.807, 2.05) is 25.1 Å². The molecule has 0 unspecified atom stereocenters. The van der Waals surface area contributed by atoms with Crippen LogP contribution in [0.5, 0.6) is 0 Å². The summed E-state index contributed by atoms with van der Waals surface area (Å²) in [5, 5.41) is 0. The number of esters is 1. The van der Waals surface area contributed by atoms with Crippen LogP contribution in [0.3, 0.4) is 0 Å². The summed E-state index contributed by atoms with van der Waals surface area (Å²) in [5.74, 6) is -0.277. The zero-order valence-corrected chi connectivity index (χ0v) is 9.19. The molecule has 0 aromatic heterocycles. The normalized spacial score (nSPS) is 11.2. The highest BCUT2D eigenvalue weighted by Gasteiger charge is 1.97. The molecular weight excluding hydrogens is 188 g/mol. The Morgan fingerprint density at radius 1 is 1.33 bits per heavy atom. The quantitative estimate of drug-likeness (QED) is 0.557. The SMILES string of the molecule is COC(=O)/C=C(\C)CCc1ccccc1. The number of allylic oxidation sites excluding steroid dienone is 1. The smallest absolute Gasteiger partial charge is 0.330 e. The van der Waals surface area contributed by atoms with Gasteiger partial charge in [0.05, 0.1) is 7.11 Å². The maximum Gasteiger partial charge on any atom is 0.330 e. The molecule has 0 N–H and O–H groups in total. The Morgan fingerprint density at radius 3 is 2.60 bits per heavy atom. The highest BCUT2D eigenvalue weighted by molar-refractivity contribution is 5.82. The topological polar surface area (TPSA) is 26.3 Å². The van der Waals surface area contributed by atoms with Crippen molar-refractivity contribution in [1.29, 1.82) is 0 Å². The fourth-order valence-electron chi connectivity index (χ4n) is 1.32. The van der Waals surface area contributed by atoms with Gasteiger partial charge in [-0.05, 0) is 25.3 Å². The first-order valence-electron chi connectivity index (χ1n) is 5.01. The fourth-order valence-corrected chi connectivity index (χ4v) is 1.32. The van der Waals surface area contributed by atoms with Crippen molar-refractivity contribution in [3.05, 3.63) is 47.5 Å². The van der Waals surface area contributed by atoms with Crippen LogP contribution in [0.1, 0.15) is 18.9 Å². The predicted molar refractivity (Wildman–Crippen MR) is 60.5 cm³/mol. The van der Waals surface area contributed by atoms with Gasteiger partial charge < -0.3 is 4.74 Å². The Labute approximate surface area is 90.6 Å². The van der Waals surface area contributed by atoms with E-state index in [1.54, 1.807) is 6.08 Å². The summed E-state index contributed by atoms with van der Waals surface area (Å²) < 4.78 is 4.56. The number of benzene rings is 1. The number of methoxy groups -OCH3 is 1. The number of carbonyl (C=O) groups is 1. The molecule has 2 nitrogen and oxygen atoms in total. The molecule has 0 aliphatic carbocycles. The van der Waals surface area contributed by atoms with E-state index in [0.717, 1.165) is 18.4 Å². The number of hydrogen-bond donors (Lipinski definition) is 0. The van der Waals surface area contributed by atoms with Gasteiger partial charge in [-0.25, -0.2) is 4.79 Å². The zero-order valence-electron chi connectivity index (χ0n) is 9.19. The van der Waals surface area contributed by atoms with Crippen molar-refractivity contribution in [1.82, 2.24) is 0 Å². The minimum atomic E-state index is -0.277. The van der Waals surface area contributed by atoms with Gasteiger partial charge in [0.2, 0.25) is 0 Å². The molecule has 1 rings (SSSR count). The Morgan fingerprint density at radius 2 is 2.00 bits per heavy atom. The molecule has 0 atom stereocenters. The van der Waals surface area contributed by atoms with Crippen LogP contribution in [0.15, 0.2) is 42.0 Å². The van der Waals surface area contributed by atoms with E-state index >= 15 is 0 Å². The van der Waals surface area contributed by atoms with Crippen LogP contribution in [0.4, 0.5) is 0 Å². The molecule has 0 saturated heterocycles. The number of rotatable bonds is 4. The summed E-state index contributed by atoms with van der Waals surface area (Å²) in [6, 6.07) is 10.2. The Balaban J connectivity index is 2.44. The fraction of sp³-hybridized carbons (Fsp3) is 0.308. The lowest BCUT2D eigenvalue weighted by atomic mass is 10.1. The van der Waals surface area contributed by atoms with Crippen LogP contribution in [0, 0.1) is 0 Å². The first kappa shape index (κ1) is 11.5. The molecule has 1 aromatic rings. The lowest BCUT2D eigenvalue weighted by molar-refractivity contribution is -0.134. The van der Waals surface area contributed by atoms with Gasteiger partial charge in [0.15, 0.2) is 0 Å². The average molecular weight is 204 g/mol. The average Bonchev–Trinajstić information content (AvgIpc) is 2.27. The molecular formula is C13H16O2. The van der Waals surface area contributed by atoms with Crippen molar-refractivity contribution < 1.29 is 9.53 Å². The van der Waals surface area contributed by atoms with Crippen molar-refractivity contribution >= 4 is 5.97 Å². The second-order valence-electron chi connectivity index (χ2n) is 3.50. The molecule has 0 spiro atoms. The van der Waals surface area contributed by atoms with E-state index in [9.17, 15) is 4.79 Å². The predicted octanol–water partition coefficient (Wildman–Crippen LogP) is 2.74. The minimum Gasteiger partial charge on any atom is -0.466 e. The van der Waals surface area contributed by atoms with Gasteiger partial charge in [0.1, 0.15) is 0 Å². The van der Waals surface area contributed by atoms with E-state index in [-0.39, 0.29) is 5.97 Å². The van der Waals surface area contributed by atoms with Crippen LogP contribution in [-0.2, 0) is 16.0 Å². The zero-order chi connectivity index (χ0) is 11.1. The van der Waals surface area contributed by atoms with Crippen LogP contribution >= 0.6 is 0 Å². The molecule has 0 saturated carbocycles. The van der Waals surface area contributed by atoms with Gasteiger partial charge in [0, 0.05) is 6.08 Å².